The van der Waals surface area contributed by atoms with Crippen LogP contribution in [0.5, 0.6) is 0 Å². The van der Waals surface area contributed by atoms with Crippen LogP contribution < -0.4 is 21.3 Å². The summed E-state index contributed by atoms with van der Waals surface area (Å²) in [6.45, 7) is -0.0375. The molecule has 2 N–H and O–H groups in total. The highest BCUT2D eigenvalue weighted by molar-refractivity contribution is 7.89. The lowest BCUT2D eigenvalue weighted by Gasteiger charge is -2.22. The summed E-state index contributed by atoms with van der Waals surface area (Å²) in [6, 6.07) is 4.20. The SMILES string of the molecule is Cn1c(=O)c2cc(S(=O)(=O)NCCC(=O)NC3CCCCC3)ccc2n(C)c1=O. The average Bonchev–Trinajstić information content (AvgIpc) is 2.70. The molecular formula is C19H26N4O5S. The molecule has 0 spiro atoms. The van der Waals surface area contributed by atoms with Gasteiger partial charge in [-0.15, -0.1) is 0 Å². The number of carbonyl (C=O) groups excluding carboxylic acids is 1. The van der Waals surface area contributed by atoms with E-state index in [-0.39, 0.29) is 35.2 Å². The normalized spacial score (nSPS) is 15.5. The van der Waals surface area contributed by atoms with Gasteiger partial charge in [-0.05, 0) is 31.0 Å². The molecule has 3 rings (SSSR count). The van der Waals surface area contributed by atoms with E-state index in [0.29, 0.717) is 5.52 Å². The Morgan fingerprint density at radius 3 is 2.48 bits per heavy atom. The number of aryl methyl sites for hydroxylation is 1. The number of hydrogen-bond donors (Lipinski definition) is 2. The zero-order valence-electron chi connectivity index (χ0n) is 16.6. The first-order chi connectivity index (χ1) is 13.7. The molecule has 158 valence electrons. The molecule has 1 aromatic carbocycles. The van der Waals surface area contributed by atoms with Crippen LogP contribution in [0.4, 0.5) is 0 Å². The van der Waals surface area contributed by atoms with Gasteiger partial charge in [-0.2, -0.15) is 0 Å². The number of aromatic nitrogens is 2. The summed E-state index contributed by atoms with van der Waals surface area (Å²) in [5.74, 6) is -0.179. The lowest BCUT2D eigenvalue weighted by atomic mass is 9.95. The highest BCUT2D eigenvalue weighted by Gasteiger charge is 2.19. The van der Waals surface area contributed by atoms with Gasteiger partial charge in [0, 0.05) is 33.1 Å². The Balaban J connectivity index is 1.70. The number of hydrogen-bond acceptors (Lipinski definition) is 5. The van der Waals surface area contributed by atoms with Crippen LogP contribution >= 0.6 is 0 Å². The van der Waals surface area contributed by atoms with E-state index in [1.54, 1.807) is 0 Å². The minimum absolute atomic E-state index is 0.0375. The number of amides is 1. The number of benzene rings is 1. The molecule has 1 heterocycles. The van der Waals surface area contributed by atoms with Crippen LogP contribution in [-0.4, -0.2) is 36.0 Å². The number of nitrogens with one attached hydrogen (secondary N) is 2. The minimum Gasteiger partial charge on any atom is -0.353 e. The van der Waals surface area contributed by atoms with Crippen LogP contribution in [0.15, 0.2) is 32.7 Å². The lowest BCUT2D eigenvalue weighted by molar-refractivity contribution is -0.121. The smallest absolute Gasteiger partial charge is 0.330 e. The Kier molecular flexibility index (Phi) is 6.23. The van der Waals surface area contributed by atoms with Crippen molar-refractivity contribution in [2.75, 3.05) is 6.54 Å². The second-order valence-electron chi connectivity index (χ2n) is 7.43. The van der Waals surface area contributed by atoms with Crippen molar-refractivity contribution >= 4 is 26.8 Å². The third-order valence-corrected chi connectivity index (χ3v) is 6.82. The Hall–Kier alpha value is -2.46. The second kappa shape index (κ2) is 8.50. The molecule has 29 heavy (non-hydrogen) atoms. The predicted octanol–water partition coefficient (Wildman–Crippen LogP) is 0.355. The minimum atomic E-state index is -3.90. The van der Waals surface area contributed by atoms with E-state index >= 15 is 0 Å². The van der Waals surface area contributed by atoms with Crippen molar-refractivity contribution in [3.63, 3.8) is 0 Å². The standard InChI is InChI=1S/C19H26N4O5S/c1-22-16-9-8-14(12-15(16)18(25)23(2)19(22)26)29(27,28)20-11-10-17(24)21-13-6-4-3-5-7-13/h8-9,12-13,20H,3-7,10-11H2,1-2H3,(H,21,24). The predicted molar refractivity (Wildman–Crippen MR) is 109 cm³/mol. The molecular weight excluding hydrogens is 396 g/mol. The van der Waals surface area contributed by atoms with Gasteiger partial charge in [-0.25, -0.2) is 17.9 Å². The van der Waals surface area contributed by atoms with E-state index in [1.807, 2.05) is 0 Å². The third kappa shape index (κ3) is 4.59. The molecule has 1 aliphatic carbocycles. The maximum Gasteiger partial charge on any atom is 0.330 e. The molecule has 0 aliphatic heterocycles. The van der Waals surface area contributed by atoms with Gasteiger partial charge in [-0.1, -0.05) is 19.3 Å². The number of fused-ring (bicyclic) bond motifs is 1. The van der Waals surface area contributed by atoms with Crippen LogP contribution in [0.1, 0.15) is 38.5 Å². The van der Waals surface area contributed by atoms with Gasteiger partial charge < -0.3 is 5.32 Å². The molecule has 1 aromatic heterocycles. The fraction of sp³-hybridized carbons (Fsp3) is 0.526. The van der Waals surface area contributed by atoms with Crippen LogP contribution in [0.25, 0.3) is 10.9 Å². The number of sulfonamides is 1. The van der Waals surface area contributed by atoms with Crippen molar-refractivity contribution in [1.82, 2.24) is 19.2 Å². The van der Waals surface area contributed by atoms with Gasteiger partial charge in [0.25, 0.3) is 5.56 Å². The lowest BCUT2D eigenvalue weighted by Crippen LogP contribution is -2.38. The topological polar surface area (TPSA) is 119 Å². The molecule has 1 amide bonds. The van der Waals surface area contributed by atoms with Gasteiger partial charge in [0.1, 0.15) is 0 Å². The average molecular weight is 423 g/mol. The van der Waals surface area contributed by atoms with Gasteiger partial charge in [-0.3, -0.25) is 18.7 Å². The van der Waals surface area contributed by atoms with Crippen molar-refractivity contribution in [1.29, 1.82) is 0 Å². The first-order valence-corrected chi connectivity index (χ1v) is 11.2. The Bertz CT molecular complexity index is 1140. The van der Waals surface area contributed by atoms with Gasteiger partial charge in [0.2, 0.25) is 15.9 Å². The van der Waals surface area contributed by atoms with Gasteiger partial charge >= 0.3 is 5.69 Å². The molecule has 0 atom stereocenters. The number of rotatable bonds is 6. The summed E-state index contributed by atoms with van der Waals surface area (Å²) >= 11 is 0. The molecule has 0 saturated heterocycles. The quantitative estimate of drug-likeness (QED) is 0.696. The summed E-state index contributed by atoms with van der Waals surface area (Å²) < 4.78 is 29.8. The number of carbonyl (C=O) groups is 1. The van der Waals surface area contributed by atoms with Crippen LogP contribution in [-0.2, 0) is 28.9 Å². The van der Waals surface area contributed by atoms with E-state index in [9.17, 15) is 22.8 Å². The molecule has 0 radical (unpaired) electrons. The summed E-state index contributed by atoms with van der Waals surface area (Å²) in [5.41, 5.74) is -0.698. The second-order valence-corrected chi connectivity index (χ2v) is 9.20. The third-order valence-electron chi connectivity index (χ3n) is 5.36. The van der Waals surface area contributed by atoms with E-state index in [1.165, 1.54) is 43.3 Å². The largest absolute Gasteiger partial charge is 0.353 e. The van der Waals surface area contributed by atoms with Gasteiger partial charge in [0.15, 0.2) is 0 Å². The van der Waals surface area contributed by atoms with Gasteiger partial charge in [0.05, 0.1) is 15.8 Å². The fourth-order valence-electron chi connectivity index (χ4n) is 3.67. The molecule has 10 heteroatoms. The van der Waals surface area contributed by atoms with E-state index in [0.717, 1.165) is 30.3 Å². The monoisotopic (exact) mass is 422 g/mol. The molecule has 1 aliphatic rings. The Morgan fingerprint density at radius 1 is 1.10 bits per heavy atom. The van der Waals surface area contributed by atoms with Crippen LogP contribution in [0.3, 0.4) is 0 Å². The van der Waals surface area contributed by atoms with Crippen molar-refractivity contribution < 1.29 is 13.2 Å². The number of nitrogens with zero attached hydrogens (tertiary/aromatic N) is 2. The summed E-state index contributed by atoms with van der Waals surface area (Å²) in [5, 5.41) is 3.08. The first kappa shape index (κ1) is 21.3. The fourth-order valence-corrected chi connectivity index (χ4v) is 4.73. The summed E-state index contributed by atoms with van der Waals surface area (Å²) in [4.78, 5) is 36.3. The zero-order valence-corrected chi connectivity index (χ0v) is 17.4. The summed E-state index contributed by atoms with van der Waals surface area (Å²) in [6.07, 6.45) is 5.36. The molecule has 9 nitrogen and oxygen atoms in total. The Morgan fingerprint density at radius 2 is 1.79 bits per heavy atom. The van der Waals surface area contributed by atoms with E-state index in [4.69, 9.17) is 0 Å². The first-order valence-electron chi connectivity index (χ1n) is 9.69. The molecule has 0 unspecified atom stereocenters. The van der Waals surface area contributed by atoms with Crippen molar-refractivity contribution in [3.8, 4) is 0 Å². The maximum absolute atomic E-state index is 12.6. The van der Waals surface area contributed by atoms with Crippen LogP contribution in [0, 0.1) is 0 Å². The highest BCUT2D eigenvalue weighted by Crippen LogP contribution is 2.17. The van der Waals surface area contributed by atoms with E-state index in [2.05, 4.69) is 10.0 Å². The summed E-state index contributed by atoms with van der Waals surface area (Å²) in [7, 11) is -1.04. The maximum atomic E-state index is 12.6. The Labute approximate surface area is 168 Å². The molecule has 1 fully saturated rings. The molecule has 0 bridgehead atoms. The van der Waals surface area contributed by atoms with E-state index < -0.39 is 21.3 Å². The van der Waals surface area contributed by atoms with Crippen molar-refractivity contribution in [2.45, 2.75) is 49.5 Å². The zero-order chi connectivity index (χ0) is 21.2. The van der Waals surface area contributed by atoms with Crippen LogP contribution in [0.2, 0.25) is 0 Å². The molecule has 1 saturated carbocycles. The highest BCUT2D eigenvalue weighted by atomic mass is 32.2. The molecule has 2 aromatic rings. The van der Waals surface area contributed by atoms with Crippen molar-refractivity contribution in [2.24, 2.45) is 14.1 Å². The van der Waals surface area contributed by atoms with Crippen molar-refractivity contribution in [3.05, 3.63) is 39.0 Å².